The average Bonchev–Trinajstić information content (AvgIpc) is 3.19. The van der Waals surface area contributed by atoms with Gasteiger partial charge >= 0.3 is 0 Å². The molecule has 0 N–H and O–H groups in total. The number of aryl methyl sites for hydroxylation is 1. The van der Waals surface area contributed by atoms with Crippen LogP contribution < -0.4 is 4.74 Å². The molecule has 4 rings (SSSR count). The summed E-state index contributed by atoms with van der Waals surface area (Å²) < 4.78 is 11.9. The fourth-order valence-corrected chi connectivity index (χ4v) is 2.53. The van der Waals surface area contributed by atoms with Gasteiger partial charge in [-0.2, -0.15) is 0 Å². The van der Waals surface area contributed by atoms with Crippen molar-refractivity contribution in [2.24, 2.45) is 0 Å². The first-order valence-electron chi connectivity index (χ1n) is 7.36. The van der Waals surface area contributed by atoms with E-state index >= 15 is 0 Å². The van der Waals surface area contributed by atoms with Crippen molar-refractivity contribution in [3.63, 3.8) is 0 Å². The van der Waals surface area contributed by atoms with Gasteiger partial charge in [0, 0.05) is 18.5 Å². The fraction of sp³-hybridized carbons (Fsp3) is 0.188. The first kappa shape index (κ1) is 14.3. The second-order valence-electron chi connectivity index (χ2n) is 5.27. The molecule has 0 aromatic carbocycles. The number of hydrogen-bond acceptors (Lipinski definition) is 7. The molecule has 120 valence electrons. The molecule has 0 fully saturated rings. The molecule has 0 radical (unpaired) electrons. The molecule has 0 spiro atoms. The van der Waals surface area contributed by atoms with Gasteiger partial charge in [-0.3, -0.25) is 0 Å². The number of nitrogens with zero attached hydrogens (tertiary/aromatic N) is 6. The van der Waals surface area contributed by atoms with E-state index in [4.69, 9.17) is 9.37 Å². The fourth-order valence-electron chi connectivity index (χ4n) is 2.53. The van der Waals surface area contributed by atoms with Crippen LogP contribution in [0.2, 0.25) is 0 Å². The van der Waals surface area contributed by atoms with E-state index in [9.17, 15) is 0 Å². The summed E-state index contributed by atoms with van der Waals surface area (Å²) in [5.74, 6) is 1.24. The zero-order chi connectivity index (χ0) is 16.5. The minimum atomic E-state index is 0.548. The van der Waals surface area contributed by atoms with Crippen LogP contribution in [0.4, 0.5) is 0 Å². The van der Waals surface area contributed by atoms with Crippen molar-refractivity contribution in [1.82, 2.24) is 29.8 Å². The quantitative estimate of drug-likeness (QED) is 0.569. The third-order valence-electron chi connectivity index (χ3n) is 3.72. The highest BCUT2D eigenvalue weighted by atomic mass is 16.6. The Morgan fingerprint density at radius 3 is 2.79 bits per heavy atom. The summed E-state index contributed by atoms with van der Waals surface area (Å²) in [5, 5.41) is 7.82. The maximum absolute atomic E-state index is 5.10. The van der Waals surface area contributed by atoms with Crippen molar-refractivity contribution in [1.29, 1.82) is 0 Å². The molecule has 8 nitrogen and oxygen atoms in total. The van der Waals surface area contributed by atoms with Crippen molar-refractivity contribution < 1.29 is 9.37 Å². The minimum absolute atomic E-state index is 0.548. The Bertz CT molecular complexity index is 989. The highest BCUT2D eigenvalue weighted by Gasteiger charge is 2.19. The Kier molecular flexibility index (Phi) is 3.42. The summed E-state index contributed by atoms with van der Waals surface area (Å²) in [6.07, 6.45) is 3.51. The number of fused-ring (bicyclic) bond motifs is 1. The zero-order valence-electron chi connectivity index (χ0n) is 13.2. The molecule has 0 amide bonds. The van der Waals surface area contributed by atoms with Crippen molar-refractivity contribution in [2.45, 2.75) is 13.5 Å². The number of rotatable bonds is 4. The van der Waals surface area contributed by atoms with E-state index in [0.717, 1.165) is 16.7 Å². The summed E-state index contributed by atoms with van der Waals surface area (Å²) in [7, 11) is 1.59. The second-order valence-corrected chi connectivity index (χ2v) is 5.27. The van der Waals surface area contributed by atoms with Gasteiger partial charge < -0.3 is 9.30 Å². The lowest BCUT2D eigenvalue weighted by Gasteiger charge is -2.07. The van der Waals surface area contributed by atoms with Crippen molar-refractivity contribution in [3.8, 4) is 17.4 Å². The van der Waals surface area contributed by atoms with E-state index in [1.807, 2.05) is 35.8 Å². The minimum Gasteiger partial charge on any atom is -0.481 e. The first-order chi connectivity index (χ1) is 11.8. The molecule has 0 saturated carbocycles. The SMILES string of the molecule is COc1ccc(Cn2c(-c3nonc3C)nc3cccnc32)cn1. The number of pyridine rings is 2. The van der Waals surface area contributed by atoms with Crippen molar-refractivity contribution in [3.05, 3.63) is 47.9 Å². The van der Waals surface area contributed by atoms with Gasteiger partial charge in [-0.25, -0.2) is 19.6 Å². The maximum atomic E-state index is 5.10. The van der Waals surface area contributed by atoms with E-state index < -0.39 is 0 Å². The predicted octanol–water partition coefficient (Wildman–Crippen LogP) is 2.24. The van der Waals surface area contributed by atoms with E-state index in [0.29, 0.717) is 29.6 Å². The smallest absolute Gasteiger partial charge is 0.212 e. The molecule has 0 aliphatic carbocycles. The average molecular weight is 322 g/mol. The lowest BCUT2D eigenvalue weighted by atomic mass is 10.2. The summed E-state index contributed by atoms with van der Waals surface area (Å²) in [5.41, 5.74) is 3.84. The number of imidazole rings is 1. The summed E-state index contributed by atoms with van der Waals surface area (Å²) in [6.45, 7) is 2.38. The normalized spacial score (nSPS) is 11.1. The van der Waals surface area contributed by atoms with Gasteiger partial charge in [0.25, 0.3) is 0 Å². The second kappa shape index (κ2) is 5.73. The van der Waals surface area contributed by atoms with Gasteiger partial charge in [0.2, 0.25) is 5.88 Å². The molecule has 0 unspecified atom stereocenters. The molecule has 0 atom stereocenters. The van der Waals surface area contributed by atoms with E-state index in [-0.39, 0.29) is 0 Å². The summed E-state index contributed by atoms with van der Waals surface area (Å²) in [4.78, 5) is 13.3. The van der Waals surface area contributed by atoms with Gasteiger partial charge in [0.15, 0.2) is 17.2 Å². The third-order valence-corrected chi connectivity index (χ3v) is 3.72. The summed E-state index contributed by atoms with van der Waals surface area (Å²) in [6, 6.07) is 7.55. The molecule has 4 aromatic rings. The van der Waals surface area contributed by atoms with Crippen molar-refractivity contribution >= 4 is 11.2 Å². The highest BCUT2D eigenvalue weighted by molar-refractivity contribution is 5.76. The number of ether oxygens (including phenoxy) is 1. The molecule has 24 heavy (non-hydrogen) atoms. The molecule has 8 heteroatoms. The largest absolute Gasteiger partial charge is 0.481 e. The number of hydrogen-bond donors (Lipinski definition) is 0. The monoisotopic (exact) mass is 322 g/mol. The zero-order valence-corrected chi connectivity index (χ0v) is 13.2. The number of aromatic nitrogens is 6. The van der Waals surface area contributed by atoms with Crippen LogP contribution in [0.25, 0.3) is 22.7 Å². The van der Waals surface area contributed by atoms with E-state index in [1.54, 1.807) is 19.5 Å². The van der Waals surface area contributed by atoms with Gasteiger partial charge in [-0.15, -0.1) is 0 Å². The van der Waals surface area contributed by atoms with Gasteiger partial charge in [-0.05, 0) is 29.8 Å². The predicted molar refractivity (Wildman–Crippen MR) is 85.4 cm³/mol. The van der Waals surface area contributed by atoms with Crippen LogP contribution in [0.5, 0.6) is 5.88 Å². The van der Waals surface area contributed by atoms with Gasteiger partial charge in [0.1, 0.15) is 11.2 Å². The molecule has 0 saturated heterocycles. The highest BCUT2D eigenvalue weighted by Crippen LogP contribution is 2.25. The molecule has 4 aromatic heterocycles. The molecule has 0 bridgehead atoms. The van der Waals surface area contributed by atoms with Crippen LogP contribution in [-0.4, -0.2) is 36.9 Å². The lowest BCUT2D eigenvalue weighted by molar-refractivity contribution is 0.305. The standard InChI is InChI=1S/C16H14N6O2/c1-10-14(21-24-20-10)16-19-12-4-3-7-17-15(12)22(16)9-11-5-6-13(23-2)18-8-11/h3-8H,9H2,1-2H3. The van der Waals surface area contributed by atoms with Gasteiger partial charge in [0.05, 0.1) is 13.7 Å². The third kappa shape index (κ3) is 2.37. The molecule has 0 aliphatic heterocycles. The molecular weight excluding hydrogens is 308 g/mol. The van der Waals surface area contributed by atoms with Crippen molar-refractivity contribution in [2.75, 3.05) is 7.11 Å². The Balaban J connectivity index is 1.84. The number of methoxy groups -OCH3 is 1. The Morgan fingerprint density at radius 1 is 1.17 bits per heavy atom. The molecule has 0 aliphatic rings. The van der Waals surface area contributed by atoms with Crippen LogP contribution in [0.1, 0.15) is 11.3 Å². The van der Waals surface area contributed by atoms with Crippen LogP contribution in [0.3, 0.4) is 0 Å². The molecular formula is C16H14N6O2. The van der Waals surface area contributed by atoms with Crippen LogP contribution >= 0.6 is 0 Å². The Labute approximate surface area is 137 Å². The van der Waals surface area contributed by atoms with Crippen LogP contribution in [-0.2, 0) is 6.54 Å². The Hall–Kier alpha value is -3.29. The summed E-state index contributed by atoms with van der Waals surface area (Å²) >= 11 is 0. The lowest BCUT2D eigenvalue weighted by Crippen LogP contribution is -2.04. The van der Waals surface area contributed by atoms with E-state index in [2.05, 4.69) is 25.3 Å². The molecule has 4 heterocycles. The van der Waals surface area contributed by atoms with Gasteiger partial charge in [-0.1, -0.05) is 11.2 Å². The maximum Gasteiger partial charge on any atom is 0.212 e. The Morgan fingerprint density at radius 2 is 2.08 bits per heavy atom. The first-order valence-corrected chi connectivity index (χ1v) is 7.36. The van der Waals surface area contributed by atoms with Crippen LogP contribution in [0, 0.1) is 6.92 Å². The van der Waals surface area contributed by atoms with E-state index in [1.165, 1.54) is 0 Å². The topological polar surface area (TPSA) is 91.8 Å². The van der Waals surface area contributed by atoms with Crippen LogP contribution in [0.15, 0.2) is 41.3 Å².